The Labute approximate surface area is 274 Å². The van der Waals surface area contributed by atoms with E-state index in [1.807, 2.05) is 0 Å². The van der Waals surface area contributed by atoms with Crippen molar-refractivity contribution in [2.75, 3.05) is 9.71 Å². The molecule has 3 heterocycles. The van der Waals surface area contributed by atoms with Gasteiger partial charge in [-0.2, -0.15) is 0 Å². The lowest BCUT2D eigenvalue weighted by Crippen LogP contribution is -2.60. The molecular formula is C43H30BN3. The summed E-state index contributed by atoms with van der Waals surface area (Å²) in [5.74, 6) is 0. The van der Waals surface area contributed by atoms with Crippen LogP contribution in [0, 0.1) is 6.92 Å². The number of anilines is 5. The molecule has 0 saturated heterocycles. The Balaban J connectivity index is 1.31. The molecule has 4 heteroatoms. The Morgan fingerprint density at radius 3 is 1.91 bits per heavy atom. The minimum Gasteiger partial charge on any atom is -0.376 e. The van der Waals surface area contributed by atoms with Crippen LogP contribution < -0.4 is 20.6 Å². The quantitative estimate of drug-likeness (QED) is 0.187. The summed E-state index contributed by atoms with van der Waals surface area (Å²) < 4.78 is 2.53. The van der Waals surface area contributed by atoms with Crippen LogP contribution in [0.5, 0.6) is 0 Å². The molecule has 2 aliphatic heterocycles. The Hall–Kier alpha value is -6.00. The van der Waals surface area contributed by atoms with E-state index in [1.54, 1.807) is 0 Å². The molecule has 0 N–H and O–H groups in total. The first kappa shape index (κ1) is 26.2. The second-order valence-corrected chi connectivity index (χ2v) is 12.7. The van der Waals surface area contributed by atoms with Crippen molar-refractivity contribution in [1.29, 1.82) is 0 Å². The van der Waals surface area contributed by atoms with Crippen LogP contribution in [-0.2, 0) is 0 Å². The molecule has 0 saturated carbocycles. The molecule has 0 fully saturated rings. The lowest BCUT2D eigenvalue weighted by molar-refractivity contribution is 1.17. The third-order valence-corrected chi connectivity index (χ3v) is 9.95. The number of aromatic nitrogens is 1. The van der Waals surface area contributed by atoms with Crippen molar-refractivity contribution in [3.8, 4) is 16.8 Å². The first-order valence-electron chi connectivity index (χ1n) is 16.3. The topological polar surface area (TPSA) is 11.4 Å². The van der Waals surface area contributed by atoms with Crippen LogP contribution in [0.25, 0.3) is 38.6 Å². The molecule has 0 bridgehead atoms. The number of para-hydroxylation sites is 5. The molecule has 0 aliphatic carbocycles. The van der Waals surface area contributed by atoms with E-state index >= 15 is 0 Å². The summed E-state index contributed by atoms with van der Waals surface area (Å²) >= 11 is 0. The summed E-state index contributed by atoms with van der Waals surface area (Å²) in [6, 6.07) is 59.9. The molecule has 3 nitrogen and oxygen atoms in total. The van der Waals surface area contributed by atoms with Gasteiger partial charge in [-0.05, 0) is 95.7 Å². The Kier molecular flexibility index (Phi) is 5.59. The first-order chi connectivity index (χ1) is 23.3. The lowest BCUT2D eigenvalue weighted by Gasteiger charge is -2.42. The lowest BCUT2D eigenvalue weighted by atomic mass is 9.44. The van der Waals surface area contributed by atoms with Crippen molar-refractivity contribution in [3.05, 3.63) is 169 Å². The highest BCUT2D eigenvalue weighted by atomic mass is 15.1. The highest BCUT2D eigenvalue weighted by Gasteiger charge is 2.43. The number of rotatable bonds is 4. The van der Waals surface area contributed by atoms with Gasteiger partial charge >= 0.3 is 6.85 Å². The normalized spacial score (nSPS) is 12.7. The largest absolute Gasteiger partial charge is 0.376 e. The second kappa shape index (κ2) is 10.0. The van der Waals surface area contributed by atoms with Crippen LogP contribution in [-0.4, -0.2) is 11.4 Å². The van der Waals surface area contributed by atoms with Gasteiger partial charge in [-0.3, -0.25) is 0 Å². The highest BCUT2D eigenvalue weighted by Crippen LogP contribution is 2.47. The summed E-state index contributed by atoms with van der Waals surface area (Å²) in [7, 11) is 0. The fourth-order valence-corrected chi connectivity index (χ4v) is 8.12. The van der Waals surface area contributed by atoms with E-state index in [2.05, 4.69) is 185 Å². The molecule has 10 rings (SSSR count). The van der Waals surface area contributed by atoms with Crippen molar-refractivity contribution >= 4 is 68.0 Å². The highest BCUT2D eigenvalue weighted by molar-refractivity contribution is 6.93. The monoisotopic (exact) mass is 599 g/mol. The smallest absolute Gasteiger partial charge is 0.333 e. The number of nitrogens with zero attached hydrogens (tertiary/aromatic N) is 3. The van der Waals surface area contributed by atoms with Crippen molar-refractivity contribution in [3.63, 3.8) is 0 Å². The fourth-order valence-electron chi connectivity index (χ4n) is 8.12. The number of hydrogen-bond donors (Lipinski definition) is 0. The van der Waals surface area contributed by atoms with Crippen molar-refractivity contribution in [1.82, 2.24) is 4.57 Å². The van der Waals surface area contributed by atoms with Crippen molar-refractivity contribution < 1.29 is 0 Å². The fraction of sp³-hybridized carbons (Fsp3) is 0.0233. The summed E-state index contributed by atoms with van der Waals surface area (Å²) in [6.45, 7) is 2.27. The molecule has 0 spiro atoms. The van der Waals surface area contributed by atoms with Crippen LogP contribution in [0.2, 0.25) is 0 Å². The Morgan fingerprint density at radius 1 is 0.511 bits per heavy atom. The Bertz CT molecular complexity index is 2450. The number of hydrogen-bond acceptors (Lipinski definition) is 2. The zero-order valence-corrected chi connectivity index (χ0v) is 26.0. The van der Waals surface area contributed by atoms with Gasteiger partial charge in [-0.15, -0.1) is 0 Å². The van der Waals surface area contributed by atoms with E-state index < -0.39 is 0 Å². The van der Waals surface area contributed by atoms with Gasteiger partial charge in [0.1, 0.15) is 0 Å². The van der Waals surface area contributed by atoms with Crippen molar-refractivity contribution in [2.45, 2.75) is 6.92 Å². The van der Waals surface area contributed by atoms with E-state index in [4.69, 9.17) is 0 Å². The van der Waals surface area contributed by atoms with Crippen molar-refractivity contribution in [2.24, 2.45) is 0 Å². The van der Waals surface area contributed by atoms with E-state index in [1.165, 1.54) is 66.5 Å². The van der Waals surface area contributed by atoms with Gasteiger partial charge in [-0.1, -0.05) is 97.1 Å². The molecule has 2 aliphatic rings. The molecule has 0 amide bonds. The number of fused-ring (bicyclic) bond motifs is 7. The average Bonchev–Trinajstić information content (AvgIpc) is 3.47. The molecule has 0 radical (unpaired) electrons. The molecule has 0 unspecified atom stereocenters. The number of benzene rings is 7. The van der Waals surface area contributed by atoms with E-state index in [0.717, 1.165) is 17.1 Å². The summed E-state index contributed by atoms with van der Waals surface area (Å²) in [5.41, 5.74) is 16.1. The predicted molar refractivity (Wildman–Crippen MR) is 199 cm³/mol. The molecule has 47 heavy (non-hydrogen) atoms. The third-order valence-electron chi connectivity index (χ3n) is 9.95. The van der Waals surface area contributed by atoms with Crippen LogP contribution >= 0.6 is 0 Å². The molecule has 7 aromatic carbocycles. The van der Waals surface area contributed by atoms with Crippen LogP contribution in [0.15, 0.2) is 164 Å². The van der Waals surface area contributed by atoms with Gasteiger partial charge in [0.05, 0.1) is 11.0 Å². The SMILES string of the molecule is Cc1cc2c3c(c1)-n1c4ccccc4c4cccc(c41)B3N(c1ccccc1)c1ccc(N(c3ccccc3)c3ccccc3)cc1-2. The van der Waals surface area contributed by atoms with Crippen LogP contribution in [0.1, 0.15) is 5.56 Å². The molecule has 0 atom stereocenters. The van der Waals surface area contributed by atoms with E-state index in [0.29, 0.717) is 0 Å². The minimum atomic E-state index is 0.0289. The molecule has 1 aromatic heterocycles. The molecule has 8 aromatic rings. The summed E-state index contributed by atoms with van der Waals surface area (Å²) in [6.07, 6.45) is 0. The standard InChI is InChI=1S/C43H30BN3/c1-29-26-37-36-28-33(45(30-14-5-2-6-15-30)31-16-7-3-8-17-31)24-25-40(36)47(32-18-9-4-10-19-32)44-38-22-13-21-35-34-20-11-12-23-39(34)46(43(35)38)41(27-29)42(37)44/h2-28H,1H3. The van der Waals surface area contributed by atoms with E-state index in [9.17, 15) is 0 Å². The Morgan fingerprint density at radius 2 is 1.17 bits per heavy atom. The maximum Gasteiger partial charge on any atom is 0.333 e. The van der Waals surface area contributed by atoms with Gasteiger partial charge in [0, 0.05) is 50.5 Å². The molecule has 220 valence electrons. The van der Waals surface area contributed by atoms with E-state index in [-0.39, 0.29) is 6.85 Å². The zero-order valence-electron chi connectivity index (χ0n) is 26.0. The predicted octanol–water partition coefficient (Wildman–Crippen LogP) is 9.80. The van der Waals surface area contributed by atoms with Gasteiger partial charge in [0.2, 0.25) is 0 Å². The summed E-state index contributed by atoms with van der Waals surface area (Å²) in [4.78, 5) is 4.94. The maximum absolute atomic E-state index is 2.57. The zero-order chi connectivity index (χ0) is 31.1. The first-order valence-corrected chi connectivity index (χ1v) is 16.3. The number of aryl methyl sites for hydroxylation is 1. The van der Waals surface area contributed by atoms with Crippen LogP contribution in [0.3, 0.4) is 0 Å². The second-order valence-electron chi connectivity index (χ2n) is 12.7. The maximum atomic E-state index is 2.57. The minimum absolute atomic E-state index is 0.0289. The van der Waals surface area contributed by atoms with Crippen LogP contribution in [0.4, 0.5) is 28.4 Å². The third kappa shape index (κ3) is 3.76. The van der Waals surface area contributed by atoms with Gasteiger partial charge < -0.3 is 14.3 Å². The average molecular weight is 600 g/mol. The summed E-state index contributed by atoms with van der Waals surface area (Å²) in [5, 5.41) is 2.60. The van der Waals surface area contributed by atoms with Gasteiger partial charge in [0.25, 0.3) is 0 Å². The van der Waals surface area contributed by atoms with Gasteiger partial charge in [-0.25, -0.2) is 0 Å². The van der Waals surface area contributed by atoms with Gasteiger partial charge in [0.15, 0.2) is 0 Å². The molecular weight excluding hydrogens is 569 g/mol.